The van der Waals surface area contributed by atoms with Crippen molar-refractivity contribution in [2.45, 2.75) is 71.1 Å². The summed E-state index contributed by atoms with van der Waals surface area (Å²) in [4.78, 5) is 16.1. The third kappa shape index (κ3) is 5.35. The number of fused-ring (bicyclic) bond motifs is 1. The van der Waals surface area contributed by atoms with Gasteiger partial charge in [0, 0.05) is 34.5 Å². The Morgan fingerprint density at radius 2 is 1.94 bits per heavy atom. The molecule has 0 bridgehead atoms. The molecule has 0 radical (unpaired) electrons. The van der Waals surface area contributed by atoms with Crippen molar-refractivity contribution >= 4 is 22.4 Å². The number of hydrogen-bond donors (Lipinski definition) is 3. The van der Waals surface area contributed by atoms with Crippen LogP contribution in [0.3, 0.4) is 0 Å². The summed E-state index contributed by atoms with van der Waals surface area (Å²) in [5, 5.41) is 11.5. The number of H-pyrrole nitrogens is 1. The van der Waals surface area contributed by atoms with Gasteiger partial charge < -0.3 is 15.8 Å². The minimum absolute atomic E-state index is 0.277. The molecule has 4 N–H and O–H groups in total. The van der Waals surface area contributed by atoms with Crippen molar-refractivity contribution in [2.75, 3.05) is 5.73 Å². The SMILES string of the molecule is CCCC(CCCc1ccc(O)c(-c2cc3cc(N)ccc3[nH]2)c1)CC(=O)C1CCCC1. The lowest BCUT2D eigenvalue weighted by molar-refractivity contribution is -0.123. The van der Waals surface area contributed by atoms with Crippen molar-refractivity contribution in [3.8, 4) is 17.0 Å². The van der Waals surface area contributed by atoms with Crippen molar-refractivity contribution in [1.29, 1.82) is 0 Å². The molecular formula is C28H36N2O2. The van der Waals surface area contributed by atoms with Gasteiger partial charge in [-0.25, -0.2) is 0 Å². The number of phenolic OH excluding ortho intramolecular Hbond substituents is 1. The minimum atomic E-state index is 0.277. The fourth-order valence-corrected chi connectivity index (χ4v) is 5.30. The molecule has 1 aliphatic rings. The number of ketones is 1. The van der Waals surface area contributed by atoms with Crippen LogP contribution in [0.2, 0.25) is 0 Å². The summed E-state index contributed by atoms with van der Waals surface area (Å²) in [5.41, 5.74) is 10.6. The number of anilines is 1. The molecule has 4 nitrogen and oxygen atoms in total. The Balaban J connectivity index is 1.39. The second kappa shape index (κ2) is 10.2. The molecule has 0 aliphatic heterocycles. The Kier molecular flexibility index (Phi) is 7.19. The molecule has 1 fully saturated rings. The number of Topliss-reactive ketones (excluding diaryl/α,β-unsaturated/α-hetero) is 1. The van der Waals surface area contributed by atoms with Gasteiger partial charge in [0.2, 0.25) is 0 Å². The van der Waals surface area contributed by atoms with Gasteiger partial charge in [0.1, 0.15) is 11.5 Å². The molecule has 1 unspecified atom stereocenters. The minimum Gasteiger partial charge on any atom is -0.507 e. The van der Waals surface area contributed by atoms with Gasteiger partial charge in [-0.15, -0.1) is 0 Å². The molecule has 0 spiro atoms. The number of aromatic hydroxyl groups is 1. The van der Waals surface area contributed by atoms with Crippen LogP contribution in [-0.4, -0.2) is 15.9 Å². The Bertz CT molecular complexity index is 1060. The maximum Gasteiger partial charge on any atom is 0.136 e. The van der Waals surface area contributed by atoms with E-state index in [0.717, 1.165) is 79.2 Å². The van der Waals surface area contributed by atoms with Crippen LogP contribution in [0.5, 0.6) is 5.75 Å². The quantitative estimate of drug-likeness (QED) is 0.301. The third-order valence-corrected chi connectivity index (χ3v) is 7.07. The number of aromatic nitrogens is 1. The van der Waals surface area contributed by atoms with Crippen LogP contribution in [0, 0.1) is 11.8 Å². The van der Waals surface area contributed by atoms with Gasteiger partial charge in [-0.1, -0.05) is 38.7 Å². The van der Waals surface area contributed by atoms with Crippen molar-refractivity contribution in [3.05, 3.63) is 48.0 Å². The third-order valence-electron chi connectivity index (χ3n) is 7.07. The van der Waals surface area contributed by atoms with Crippen molar-refractivity contribution in [3.63, 3.8) is 0 Å². The summed E-state index contributed by atoms with van der Waals surface area (Å²) >= 11 is 0. The van der Waals surface area contributed by atoms with Crippen molar-refractivity contribution < 1.29 is 9.90 Å². The number of aryl methyl sites for hydroxylation is 1. The van der Waals surface area contributed by atoms with Crippen molar-refractivity contribution in [2.24, 2.45) is 11.8 Å². The lowest BCUT2D eigenvalue weighted by Crippen LogP contribution is -2.16. The maximum absolute atomic E-state index is 12.7. The molecule has 3 aromatic rings. The zero-order valence-electron chi connectivity index (χ0n) is 19.2. The van der Waals surface area contributed by atoms with E-state index in [1.165, 1.54) is 18.4 Å². The van der Waals surface area contributed by atoms with Crippen LogP contribution in [-0.2, 0) is 11.2 Å². The second-order valence-electron chi connectivity index (χ2n) is 9.58. The summed E-state index contributed by atoms with van der Waals surface area (Å²) in [6.07, 6.45) is 10.8. The molecule has 1 aliphatic carbocycles. The molecule has 1 saturated carbocycles. The smallest absolute Gasteiger partial charge is 0.136 e. The van der Waals surface area contributed by atoms with Gasteiger partial charge in [-0.2, -0.15) is 0 Å². The number of carbonyl (C=O) groups excluding carboxylic acids is 1. The van der Waals surface area contributed by atoms with E-state index in [2.05, 4.69) is 18.0 Å². The van der Waals surface area contributed by atoms with Crippen molar-refractivity contribution in [1.82, 2.24) is 4.98 Å². The number of rotatable bonds is 10. The maximum atomic E-state index is 12.7. The van der Waals surface area contributed by atoms with Crippen LogP contribution >= 0.6 is 0 Å². The van der Waals surface area contributed by atoms with E-state index in [1.807, 2.05) is 30.3 Å². The second-order valence-corrected chi connectivity index (χ2v) is 9.58. The lowest BCUT2D eigenvalue weighted by atomic mass is 9.87. The first-order valence-corrected chi connectivity index (χ1v) is 12.3. The van der Waals surface area contributed by atoms with Gasteiger partial charge in [0.05, 0.1) is 5.69 Å². The Morgan fingerprint density at radius 3 is 2.72 bits per heavy atom. The zero-order chi connectivity index (χ0) is 22.5. The van der Waals surface area contributed by atoms with E-state index < -0.39 is 0 Å². The van der Waals surface area contributed by atoms with Crippen LogP contribution in [0.15, 0.2) is 42.5 Å². The van der Waals surface area contributed by atoms with E-state index in [-0.39, 0.29) is 5.75 Å². The number of benzene rings is 2. The summed E-state index contributed by atoms with van der Waals surface area (Å²) in [7, 11) is 0. The molecule has 4 heteroatoms. The highest BCUT2D eigenvalue weighted by Gasteiger charge is 2.24. The van der Waals surface area contributed by atoms with Crippen LogP contribution < -0.4 is 5.73 Å². The van der Waals surface area contributed by atoms with Crippen LogP contribution in [0.1, 0.15) is 70.3 Å². The molecule has 0 saturated heterocycles. The molecule has 1 aromatic heterocycles. The fraction of sp³-hybridized carbons (Fsp3) is 0.464. The summed E-state index contributed by atoms with van der Waals surface area (Å²) in [6, 6.07) is 13.7. The molecule has 2 aromatic carbocycles. The summed E-state index contributed by atoms with van der Waals surface area (Å²) in [6.45, 7) is 2.22. The topological polar surface area (TPSA) is 79.1 Å². The number of nitrogens with one attached hydrogen (secondary N) is 1. The van der Waals surface area contributed by atoms with Gasteiger partial charge >= 0.3 is 0 Å². The first kappa shape index (κ1) is 22.4. The lowest BCUT2D eigenvalue weighted by Gasteiger charge is -2.18. The average molecular weight is 433 g/mol. The largest absolute Gasteiger partial charge is 0.507 e. The highest BCUT2D eigenvalue weighted by atomic mass is 16.3. The fourth-order valence-electron chi connectivity index (χ4n) is 5.30. The van der Waals surface area contributed by atoms with E-state index in [4.69, 9.17) is 5.73 Å². The number of hydrogen-bond acceptors (Lipinski definition) is 3. The molecule has 1 heterocycles. The molecule has 1 atom stereocenters. The van der Waals surface area contributed by atoms with E-state index in [0.29, 0.717) is 17.6 Å². The van der Waals surface area contributed by atoms with E-state index in [9.17, 15) is 9.90 Å². The first-order chi connectivity index (χ1) is 15.5. The zero-order valence-corrected chi connectivity index (χ0v) is 19.2. The molecule has 0 amide bonds. The Hall–Kier alpha value is -2.75. The van der Waals surface area contributed by atoms with Gasteiger partial charge in [-0.05, 0) is 80.0 Å². The highest BCUT2D eigenvalue weighted by molar-refractivity contribution is 5.89. The van der Waals surface area contributed by atoms with Crippen LogP contribution in [0.4, 0.5) is 5.69 Å². The number of aromatic amines is 1. The first-order valence-electron chi connectivity index (χ1n) is 12.3. The van der Waals surface area contributed by atoms with E-state index in [1.54, 1.807) is 6.07 Å². The number of carbonyl (C=O) groups is 1. The average Bonchev–Trinajstić information content (AvgIpc) is 3.44. The monoisotopic (exact) mass is 432 g/mol. The predicted molar refractivity (Wildman–Crippen MR) is 133 cm³/mol. The summed E-state index contributed by atoms with van der Waals surface area (Å²) in [5.74, 6) is 1.62. The Labute approximate surface area is 191 Å². The van der Waals surface area contributed by atoms with E-state index >= 15 is 0 Å². The predicted octanol–water partition coefficient (Wildman–Crippen LogP) is 7.01. The molecule has 32 heavy (non-hydrogen) atoms. The van der Waals surface area contributed by atoms with Gasteiger partial charge in [0.15, 0.2) is 0 Å². The number of nitrogens with two attached hydrogens (primary N) is 1. The van der Waals surface area contributed by atoms with Gasteiger partial charge in [0.25, 0.3) is 0 Å². The van der Waals surface area contributed by atoms with Gasteiger partial charge in [-0.3, -0.25) is 4.79 Å². The normalized spacial score (nSPS) is 15.4. The van der Waals surface area contributed by atoms with Crippen LogP contribution in [0.25, 0.3) is 22.2 Å². The Morgan fingerprint density at radius 1 is 1.12 bits per heavy atom. The summed E-state index contributed by atoms with van der Waals surface area (Å²) < 4.78 is 0. The standard InChI is InChI=1S/C28H36N2O2/c1-2-6-19(16-28(32)21-9-3-4-10-21)7-5-8-20-11-14-27(31)24(15-20)26-18-22-17-23(29)12-13-25(22)30-26/h11-15,17-19,21,30-31H,2-10,16,29H2,1H3. The number of nitrogen functional groups attached to an aromatic ring is 1. The number of phenols is 1. The molecular weight excluding hydrogens is 396 g/mol. The molecule has 4 rings (SSSR count). The molecule has 170 valence electrons. The highest BCUT2D eigenvalue weighted by Crippen LogP contribution is 2.33.